The van der Waals surface area contributed by atoms with E-state index in [1.165, 1.54) is 104 Å². The fourth-order valence-corrected chi connectivity index (χ4v) is 7.63. The van der Waals surface area contributed by atoms with E-state index in [2.05, 4.69) is 177 Å². The van der Waals surface area contributed by atoms with Crippen molar-refractivity contribution in [2.24, 2.45) is 0 Å². The molecule has 0 atom stereocenters. The summed E-state index contributed by atoms with van der Waals surface area (Å²) in [4.78, 5) is 0. The van der Waals surface area contributed by atoms with Crippen LogP contribution < -0.4 is 0 Å². The van der Waals surface area contributed by atoms with Crippen molar-refractivity contribution in [2.75, 3.05) is 0 Å². The molecule has 0 aromatic heterocycles. The van der Waals surface area contributed by atoms with Crippen molar-refractivity contribution >= 4 is 0 Å². The van der Waals surface area contributed by atoms with Gasteiger partial charge in [-0.2, -0.15) is 0 Å². The van der Waals surface area contributed by atoms with Crippen molar-refractivity contribution < 1.29 is 327 Å². The van der Waals surface area contributed by atoms with E-state index in [-0.39, 0.29) is 357 Å². The zero-order chi connectivity index (χ0) is 41.0. The second-order valence-electron chi connectivity index (χ2n) is 14.4. The summed E-state index contributed by atoms with van der Waals surface area (Å²) in [6, 6.07) is 44.8. The summed E-state index contributed by atoms with van der Waals surface area (Å²) in [5.41, 5.74) is 23.5. The van der Waals surface area contributed by atoms with E-state index in [0.29, 0.717) is 0 Å². The van der Waals surface area contributed by atoms with Crippen molar-refractivity contribution in [3.05, 3.63) is 196 Å². The molecule has 4 aliphatic carbocycles. The van der Waals surface area contributed by atoms with Gasteiger partial charge in [-0.1, -0.05) is 224 Å². The molecular formula is C60H84Y10-4. The van der Waals surface area contributed by atoms with Gasteiger partial charge in [-0.05, 0) is 121 Å². The second kappa shape index (κ2) is 61.4. The van der Waals surface area contributed by atoms with Gasteiger partial charge in [-0.15, -0.1) is 0 Å². The van der Waals surface area contributed by atoms with E-state index in [1.54, 1.807) is 11.1 Å². The van der Waals surface area contributed by atoms with E-state index >= 15 is 0 Å². The monoisotopic (exact) mass is 1690 g/mol. The number of hydrogen-bond acceptors (Lipinski definition) is 0. The summed E-state index contributed by atoms with van der Waals surface area (Å²) < 4.78 is 0. The molecule has 0 saturated heterocycles. The SMILES string of the molecule is CC.CC.CCC.CCC.CCC.CCC.[CH3-].[CH3-].[CH3-].[CH3-].[Y].[Y].[Y].[Y].[Y].[Y].[Y].[Y].[Y].[Y].c1ccc2c(c1)Cc1c-2ccc2c1Cc1ccccc1-2.c1ccc2c(c1)Cc1cc3c(cc1-2)-c1ccccc1C3. The van der Waals surface area contributed by atoms with Crippen LogP contribution in [0.1, 0.15) is 153 Å². The molecule has 0 N–H and O–H groups in total. The summed E-state index contributed by atoms with van der Waals surface area (Å²) >= 11 is 0. The molecule has 0 saturated carbocycles. The maximum Gasteiger partial charge on any atom is 0 e. The van der Waals surface area contributed by atoms with Gasteiger partial charge in [0.05, 0.1) is 0 Å². The quantitative estimate of drug-likeness (QED) is 0.133. The summed E-state index contributed by atoms with van der Waals surface area (Å²) in [6.07, 6.45) is 9.38. The third-order valence-corrected chi connectivity index (χ3v) is 9.49. The molecule has 6 aromatic carbocycles. The Labute approximate surface area is 686 Å². The summed E-state index contributed by atoms with van der Waals surface area (Å²) in [6.45, 7) is 25.0. The van der Waals surface area contributed by atoms with Crippen LogP contribution in [0.3, 0.4) is 0 Å². The molecule has 4 aliphatic rings. The van der Waals surface area contributed by atoms with Gasteiger partial charge in [0.2, 0.25) is 0 Å². The van der Waals surface area contributed by atoms with Gasteiger partial charge in [0.25, 0.3) is 0 Å². The summed E-state index contributed by atoms with van der Waals surface area (Å²) in [7, 11) is 0. The fraction of sp³-hybridized carbons (Fsp3) is 0.333. The van der Waals surface area contributed by atoms with Crippen LogP contribution in [-0.4, -0.2) is 0 Å². The standard InChI is InChI=1S/2C20H14.4C3H8.2C2H6.4CH3.10Y/c1-3-7-17-13(5-1)9-15-11-16-10-14-6-2-4-8-18(14)20(16)12-19(15)17;1-3-7-15-13(5-1)11-19-17(15)9-10-18-16-8-4-2-6-14(16)12-20(18)19;4*1-3-2;2*1-2;;;;;;;;;;;;;;/h1-8,11-12H,9-10H2;1-10H,11-12H2;4*3H2,1-2H3;2*1-2H3;4*1H3;;;;;;;;;;/q;;;;;;;;4*-1;;;;;;;;;;. The van der Waals surface area contributed by atoms with E-state index in [1.807, 2.05) is 27.7 Å². The molecule has 0 amide bonds. The molecule has 0 spiro atoms. The average Bonchev–Trinajstić information content (AvgIpc) is 4.00. The van der Waals surface area contributed by atoms with Crippen LogP contribution >= 0.6 is 0 Å². The molecule has 0 fully saturated rings. The minimum Gasteiger partial charge on any atom is -0.358 e. The third-order valence-electron chi connectivity index (χ3n) is 9.49. The first-order valence-electron chi connectivity index (χ1n) is 22.1. The van der Waals surface area contributed by atoms with Crippen molar-refractivity contribution in [2.45, 2.75) is 134 Å². The van der Waals surface area contributed by atoms with Crippen LogP contribution in [-0.2, 0) is 353 Å². The van der Waals surface area contributed by atoms with Gasteiger partial charge in [-0.25, -0.2) is 0 Å². The molecule has 70 heavy (non-hydrogen) atoms. The summed E-state index contributed by atoms with van der Waals surface area (Å²) in [5.74, 6) is 0. The van der Waals surface area contributed by atoms with Crippen LogP contribution in [0, 0.1) is 29.7 Å². The first-order chi connectivity index (χ1) is 27.5. The first-order valence-corrected chi connectivity index (χ1v) is 22.1. The summed E-state index contributed by atoms with van der Waals surface area (Å²) in [5, 5.41) is 0. The van der Waals surface area contributed by atoms with Gasteiger partial charge >= 0.3 is 0 Å². The number of hydrogen-bond donors (Lipinski definition) is 0. The Morgan fingerprint density at radius 2 is 0.443 bits per heavy atom. The number of rotatable bonds is 0. The Hall–Kier alpha value is 6.36. The van der Waals surface area contributed by atoms with Gasteiger partial charge in [-0.3, -0.25) is 0 Å². The van der Waals surface area contributed by atoms with E-state index in [9.17, 15) is 0 Å². The van der Waals surface area contributed by atoms with Crippen LogP contribution in [0.2, 0.25) is 0 Å². The molecule has 10 rings (SSSR count). The van der Waals surface area contributed by atoms with Gasteiger partial charge in [0.15, 0.2) is 0 Å². The molecule has 10 radical (unpaired) electrons. The molecule has 6 aromatic rings. The van der Waals surface area contributed by atoms with Gasteiger partial charge < -0.3 is 29.7 Å². The van der Waals surface area contributed by atoms with Crippen LogP contribution in [0.25, 0.3) is 44.5 Å². The maximum atomic E-state index is 2.44. The zero-order valence-corrected chi connectivity index (χ0v) is 75.4. The predicted octanol–water partition coefficient (Wildman–Crippen LogP) is 19.2. The van der Waals surface area contributed by atoms with Crippen LogP contribution in [0.5, 0.6) is 0 Å². The average molecular weight is 1690 g/mol. The van der Waals surface area contributed by atoms with Gasteiger partial charge in [0.1, 0.15) is 0 Å². The van der Waals surface area contributed by atoms with Crippen LogP contribution in [0.15, 0.2) is 121 Å². The Balaban J connectivity index is -0.0000000643. The number of benzene rings is 6. The van der Waals surface area contributed by atoms with Crippen molar-refractivity contribution in [1.29, 1.82) is 0 Å². The normalized spacial score (nSPS) is 8.97. The van der Waals surface area contributed by atoms with Gasteiger partial charge in [0, 0.05) is 327 Å². The number of fused-ring (bicyclic) bond motifs is 13. The Morgan fingerprint density at radius 1 is 0.243 bits per heavy atom. The minimum atomic E-state index is 0. The van der Waals surface area contributed by atoms with Crippen molar-refractivity contribution in [3.63, 3.8) is 0 Å². The van der Waals surface area contributed by atoms with E-state index < -0.39 is 0 Å². The first kappa shape index (κ1) is 105. The molecule has 358 valence electrons. The topological polar surface area (TPSA) is 0 Å². The molecule has 0 bridgehead atoms. The fourth-order valence-electron chi connectivity index (χ4n) is 7.63. The minimum absolute atomic E-state index is 0. The van der Waals surface area contributed by atoms with Crippen molar-refractivity contribution in [1.82, 2.24) is 0 Å². The molecule has 0 aliphatic heterocycles. The Morgan fingerprint density at radius 3 is 0.686 bits per heavy atom. The molecule has 0 heterocycles. The predicted molar refractivity (Wildman–Crippen MR) is 278 cm³/mol. The smallest absolute Gasteiger partial charge is 0 e. The molecule has 0 nitrogen and oxygen atoms in total. The Bertz CT molecular complexity index is 1970. The van der Waals surface area contributed by atoms with Crippen LogP contribution in [0.4, 0.5) is 0 Å². The third kappa shape index (κ3) is 30.1. The van der Waals surface area contributed by atoms with E-state index in [0.717, 1.165) is 25.7 Å². The zero-order valence-electron chi connectivity index (χ0n) is 47.0. The second-order valence-corrected chi connectivity index (χ2v) is 14.4. The van der Waals surface area contributed by atoms with E-state index in [4.69, 9.17) is 0 Å². The molecule has 0 unspecified atom stereocenters. The maximum absolute atomic E-state index is 2.44. The molecular weight excluding hydrogens is 1610 g/mol. The van der Waals surface area contributed by atoms with Crippen molar-refractivity contribution in [3.8, 4) is 44.5 Å². The largest absolute Gasteiger partial charge is 0.358 e. The Kier molecular flexibility index (Phi) is 91.9. The molecule has 10 heteroatoms.